The van der Waals surface area contributed by atoms with Crippen LogP contribution in [-0.2, 0) is 29.0 Å². The standard InChI is InChI=1S/C13H21N2O.CH3.Fe/c1-13(2,3)15-12(16)9-11(14-15)8-10-6-4-5-7-10;;/h4,9-10,14H,5-8H2,1-3H3;1H3;/q2*-1;+2. The smallest absolute Gasteiger partial charge is 0.358 e. The summed E-state index contributed by atoms with van der Waals surface area (Å²) < 4.78 is 1.72. The van der Waals surface area contributed by atoms with Gasteiger partial charge in [0, 0.05) is 11.8 Å². The molecule has 2 rings (SSSR count). The second kappa shape index (κ2) is 6.63. The molecule has 1 aromatic rings. The van der Waals surface area contributed by atoms with Gasteiger partial charge in [0.05, 0.1) is 5.54 Å². The number of nitrogens with zero attached hydrogens (tertiary/aromatic N) is 1. The second-order valence-electron chi connectivity index (χ2n) is 5.80. The van der Waals surface area contributed by atoms with Gasteiger partial charge in [0.25, 0.3) is 5.56 Å². The SMILES string of the molecule is CC(C)(C)n1[nH]c(CC2C[CH-]CC2)cc1=O.[CH3-].[Fe+2]. The number of aromatic nitrogens is 2. The molecule has 1 aromatic heterocycles. The van der Waals surface area contributed by atoms with Gasteiger partial charge in [0.1, 0.15) is 0 Å². The number of H-pyrrole nitrogens is 1. The topological polar surface area (TPSA) is 37.8 Å². The van der Waals surface area contributed by atoms with Gasteiger partial charge in [-0.15, -0.1) is 0 Å². The molecule has 1 fully saturated rings. The molecule has 1 aliphatic rings. The third-order valence-electron chi connectivity index (χ3n) is 3.23. The summed E-state index contributed by atoms with van der Waals surface area (Å²) in [6.45, 7) is 6.12. The van der Waals surface area contributed by atoms with Crippen LogP contribution in [0, 0.1) is 19.8 Å². The molecule has 0 aliphatic heterocycles. The van der Waals surface area contributed by atoms with Gasteiger partial charge in [-0.3, -0.25) is 9.89 Å². The monoisotopic (exact) mass is 292 g/mol. The molecule has 0 amide bonds. The van der Waals surface area contributed by atoms with Crippen molar-refractivity contribution >= 4 is 0 Å². The third kappa shape index (κ3) is 4.03. The molecule has 1 heterocycles. The van der Waals surface area contributed by atoms with E-state index in [0.717, 1.165) is 18.0 Å². The van der Waals surface area contributed by atoms with Gasteiger partial charge in [-0.2, -0.15) is 12.8 Å². The van der Waals surface area contributed by atoms with Crippen LogP contribution in [-0.4, -0.2) is 9.78 Å². The summed E-state index contributed by atoms with van der Waals surface area (Å²) in [5, 5.41) is 3.24. The zero-order valence-corrected chi connectivity index (χ0v) is 12.9. The first-order valence-corrected chi connectivity index (χ1v) is 6.10. The molecular weight excluding hydrogens is 268 g/mol. The first kappa shape index (κ1) is 17.5. The Labute approximate surface area is 121 Å². The zero-order chi connectivity index (χ0) is 11.8. The number of hydrogen-bond acceptors (Lipinski definition) is 1. The summed E-state index contributed by atoms with van der Waals surface area (Å²) in [4.78, 5) is 11.8. The Hall–Kier alpha value is -0.471. The maximum Gasteiger partial charge on any atom is 2.00 e. The predicted molar refractivity (Wildman–Crippen MR) is 71.8 cm³/mol. The van der Waals surface area contributed by atoms with Crippen molar-refractivity contribution in [2.75, 3.05) is 0 Å². The van der Waals surface area contributed by atoms with Gasteiger partial charge in [0.15, 0.2) is 0 Å². The molecule has 1 aliphatic carbocycles. The van der Waals surface area contributed by atoms with Gasteiger partial charge in [0.2, 0.25) is 0 Å². The third-order valence-corrected chi connectivity index (χ3v) is 3.23. The fraction of sp³-hybridized carbons (Fsp3) is 0.643. The molecule has 0 saturated heterocycles. The van der Waals surface area contributed by atoms with Crippen molar-refractivity contribution in [1.82, 2.24) is 9.78 Å². The fourth-order valence-electron chi connectivity index (χ4n) is 2.37. The van der Waals surface area contributed by atoms with E-state index in [9.17, 15) is 4.79 Å². The summed E-state index contributed by atoms with van der Waals surface area (Å²) in [6, 6.07) is 1.75. The normalized spacial score (nSPS) is 19.2. The minimum absolute atomic E-state index is 0. The van der Waals surface area contributed by atoms with Crippen LogP contribution in [0.2, 0.25) is 0 Å². The predicted octanol–water partition coefficient (Wildman–Crippen LogP) is 2.93. The van der Waals surface area contributed by atoms with Gasteiger partial charge in [-0.1, -0.05) is 12.3 Å². The molecule has 0 radical (unpaired) electrons. The first-order valence-electron chi connectivity index (χ1n) is 6.10. The van der Waals surface area contributed by atoms with Crippen LogP contribution < -0.4 is 5.56 Å². The summed E-state index contributed by atoms with van der Waals surface area (Å²) in [5.74, 6) is 0.728. The quantitative estimate of drug-likeness (QED) is 0.660. The summed E-state index contributed by atoms with van der Waals surface area (Å²) >= 11 is 0. The van der Waals surface area contributed by atoms with E-state index in [1.54, 1.807) is 10.7 Å². The second-order valence-corrected chi connectivity index (χ2v) is 5.80. The fourth-order valence-corrected chi connectivity index (χ4v) is 2.37. The number of nitrogens with one attached hydrogen (secondary N) is 1. The van der Waals surface area contributed by atoms with Crippen LogP contribution in [0.1, 0.15) is 45.7 Å². The largest absolute Gasteiger partial charge is 2.00 e. The van der Waals surface area contributed by atoms with Crippen LogP contribution in [0.4, 0.5) is 0 Å². The van der Waals surface area contributed by atoms with Crippen molar-refractivity contribution in [3.63, 3.8) is 0 Å². The molecule has 1 unspecified atom stereocenters. The van der Waals surface area contributed by atoms with E-state index in [4.69, 9.17) is 0 Å². The minimum Gasteiger partial charge on any atom is -0.358 e. The minimum atomic E-state index is -0.156. The maximum atomic E-state index is 11.8. The van der Waals surface area contributed by atoms with E-state index < -0.39 is 0 Å². The maximum absolute atomic E-state index is 11.8. The Morgan fingerprint density at radius 2 is 2.17 bits per heavy atom. The Balaban J connectivity index is 0.00000144. The van der Waals surface area contributed by atoms with Crippen LogP contribution >= 0.6 is 0 Å². The van der Waals surface area contributed by atoms with Crippen LogP contribution in [0.5, 0.6) is 0 Å². The van der Waals surface area contributed by atoms with Crippen molar-refractivity contribution in [2.45, 2.75) is 52.0 Å². The molecule has 18 heavy (non-hydrogen) atoms. The van der Waals surface area contributed by atoms with E-state index in [-0.39, 0.29) is 35.6 Å². The summed E-state index contributed by atoms with van der Waals surface area (Å²) in [5.41, 5.74) is 1.02. The first-order chi connectivity index (χ1) is 7.47. The van der Waals surface area contributed by atoms with E-state index >= 15 is 0 Å². The number of rotatable bonds is 2. The van der Waals surface area contributed by atoms with Crippen LogP contribution in [0.15, 0.2) is 10.9 Å². The number of hydrogen-bond donors (Lipinski definition) is 1. The molecule has 0 spiro atoms. The van der Waals surface area contributed by atoms with E-state index in [0.29, 0.717) is 0 Å². The average molecular weight is 292 g/mol. The van der Waals surface area contributed by atoms with Gasteiger partial charge in [-0.25, -0.2) is 4.68 Å². The van der Waals surface area contributed by atoms with Gasteiger partial charge in [-0.05, 0) is 27.2 Å². The van der Waals surface area contributed by atoms with Crippen LogP contribution in [0.3, 0.4) is 0 Å². The Morgan fingerprint density at radius 3 is 2.61 bits per heavy atom. The Morgan fingerprint density at radius 1 is 1.50 bits per heavy atom. The average Bonchev–Trinajstić information content (AvgIpc) is 2.74. The number of aromatic amines is 1. The Kier molecular flexibility index (Phi) is 6.45. The molecule has 0 aromatic carbocycles. The summed E-state index contributed by atoms with van der Waals surface area (Å²) in [6.07, 6.45) is 7.05. The van der Waals surface area contributed by atoms with E-state index in [1.807, 2.05) is 20.8 Å². The molecule has 4 heteroatoms. The van der Waals surface area contributed by atoms with Crippen molar-refractivity contribution in [3.8, 4) is 0 Å². The van der Waals surface area contributed by atoms with Gasteiger partial charge < -0.3 is 13.8 Å². The van der Waals surface area contributed by atoms with E-state index in [1.165, 1.54) is 19.3 Å². The molecule has 0 bridgehead atoms. The van der Waals surface area contributed by atoms with Gasteiger partial charge >= 0.3 is 17.1 Å². The molecule has 1 N–H and O–H groups in total. The van der Waals surface area contributed by atoms with E-state index in [2.05, 4.69) is 11.5 Å². The van der Waals surface area contributed by atoms with Crippen molar-refractivity contribution in [3.05, 3.63) is 36.0 Å². The molecule has 1 saturated carbocycles. The summed E-state index contributed by atoms with van der Waals surface area (Å²) in [7, 11) is 0. The molecular formula is C14H24FeN2O. The Bertz CT molecular complexity index is 408. The van der Waals surface area contributed by atoms with Crippen LogP contribution in [0.25, 0.3) is 0 Å². The molecule has 3 nitrogen and oxygen atoms in total. The van der Waals surface area contributed by atoms with Crippen molar-refractivity contribution in [2.24, 2.45) is 5.92 Å². The molecule has 1 atom stereocenters. The zero-order valence-electron chi connectivity index (χ0n) is 11.8. The molecule has 104 valence electrons. The van der Waals surface area contributed by atoms with Crippen molar-refractivity contribution in [1.29, 1.82) is 0 Å². The van der Waals surface area contributed by atoms with Crippen molar-refractivity contribution < 1.29 is 17.1 Å².